The molecule has 3 aromatic carbocycles. The SMILES string of the molecule is COc1cc(C(F)(C(F)(F)F)C(F)(F)F)cc(C)c1CC(=O)c1cccc(N(C)C(=O)c2ccccc2)c1. The molecule has 0 unspecified atom stereocenters. The number of halogens is 7. The Labute approximate surface area is 213 Å². The lowest BCUT2D eigenvalue weighted by Gasteiger charge is -2.31. The van der Waals surface area contributed by atoms with Gasteiger partial charge in [0, 0.05) is 41.4 Å². The van der Waals surface area contributed by atoms with Crippen molar-refractivity contribution in [3.05, 3.63) is 94.5 Å². The average molecular weight is 541 g/mol. The first-order valence-corrected chi connectivity index (χ1v) is 11.1. The highest BCUT2D eigenvalue weighted by Crippen LogP contribution is 2.54. The molecule has 0 atom stereocenters. The van der Waals surface area contributed by atoms with Gasteiger partial charge in [-0.2, -0.15) is 26.3 Å². The molecule has 1 amide bonds. The number of Topliss-reactive ketones (excluding diaryl/α,β-unsaturated/α-hetero) is 1. The maximum absolute atomic E-state index is 14.6. The molecule has 3 rings (SSSR count). The number of methoxy groups -OCH3 is 1. The van der Waals surface area contributed by atoms with Crippen molar-refractivity contribution in [1.82, 2.24) is 0 Å². The lowest BCUT2D eigenvalue weighted by molar-refractivity contribution is -0.348. The van der Waals surface area contributed by atoms with E-state index in [2.05, 4.69) is 0 Å². The van der Waals surface area contributed by atoms with Crippen LogP contribution in [0.4, 0.5) is 36.4 Å². The third-order valence-electron chi connectivity index (χ3n) is 6.05. The molecule has 0 N–H and O–H groups in total. The Morgan fingerprint density at radius 3 is 1.95 bits per heavy atom. The third kappa shape index (κ3) is 5.36. The Morgan fingerprint density at radius 2 is 1.39 bits per heavy atom. The van der Waals surface area contributed by atoms with Crippen LogP contribution in [0.5, 0.6) is 5.75 Å². The topological polar surface area (TPSA) is 46.6 Å². The van der Waals surface area contributed by atoms with Gasteiger partial charge >= 0.3 is 18.0 Å². The summed E-state index contributed by atoms with van der Waals surface area (Å²) < 4.78 is 99.0. The highest BCUT2D eigenvalue weighted by molar-refractivity contribution is 6.06. The van der Waals surface area contributed by atoms with Crippen molar-refractivity contribution < 1.29 is 45.1 Å². The van der Waals surface area contributed by atoms with Crippen LogP contribution in [0.2, 0.25) is 0 Å². The van der Waals surface area contributed by atoms with Gasteiger partial charge in [-0.3, -0.25) is 9.59 Å². The first-order valence-electron chi connectivity index (χ1n) is 11.1. The summed E-state index contributed by atoms with van der Waals surface area (Å²) in [5, 5.41) is 0. The Bertz CT molecular complexity index is 1320. The lowest BCUT2D eigenvalue weighted by Crippen LogP contribution is -2.50. The number of ketones is 1. The quantitative estimate of drug-likeness (QED) is 0.239. The van der Waals surface area contributed by atoms with Crippen LogP contribution < -0.4 is 9.64 Å². The van der Waals surface area contributed by atoms with Crippen LogP contribution in [0.15, 0.2) is 66.7 Å². The number of carbonyl (C=O) groups excluding carboxylic acids is 2. The zero-order valence-electron chi connectivity index (χ0n) is 20.4. The zero-order valence-corrected chi connectivity index (χ0v) is 20.4. The molecule has 0 aromatic heterocycles. The maximum Gasteiger partial charge on any atom is 0.435 e. The Balaban J connectivity index is 1.94. The molecule has 0 saturated heterocycles. The Morgan fingerprint density at radius 1 is 0.816 bits per heavy atom. The lowest BCUT2D eigenvalue weighted by atomic mass is 9.89. The van der Waals surface area contributed by atoms with Gasteiger partial charge in [0.25, 0.3) is 5.91 Å². The van der Waals surface area contributed by atoms with Gasteiger partial charge in [-0.15, -0.1) is 0 Å². The fraction of sp³-hybridized carbons (Fsp3) is 0.259. The summed E-state index contributed by atoms with van der Waals surface area (Å²) in [6, 6.07) is 15.1. The van der Waals surface area contributed by atoms with Crippen LogP contribution in [0, 0.1) is 6.92 Å². The number of nitrogens with zero attached hydrogens (tertiary/aromatic N) is 1. The summed E-state index contributed by atoms with van der Waals surface area (Å²) in [4.78, 5) is 27.1. The van der Waals surface area contributed by atoms with E-state index >= 15 is 0 Å². The fourth-order valence-electron chi connectivity index (χ4n) is 3.92. The minimum Gasteiger partial charge on any atom is -0.496 e. The Hall–Kier alpha value is -3.89. The monoisotopic (exact) mass is 541 g/mol. The molecule has 0 fully saturated rings. The smallest absolute Gasteiger partial charge is 0.435 e. The van der Waals surface area contributed by atoms with E-state index in [1.165, 1.54) is 30.1 Å². The molecule has 0 heterocycles. The van der Waals surface area contributed by atoms with Crippen LogP contribution in [-0.2, 0) is 12.1 Å². The highest BCUT2D eigenvalue weighted by atomic mass is 19.4. The van der Waals surface area contributed by atoms with Crippen LogP contribution in [0.3, 0.4) is 0 Å². The van der Waals surface area contributed by atoms with E-state index in [0.29, 0.717) is 23.4 Å². The number of ether oxygens (including phenoxy) is 1. The molecule has 38 heavy (non-hydrogen) atoms. The number of aryl methyl sites for hydroxylation is 1. The van der Waals surface area contributed by atoms with E-state index in [1.54, 1.807) is 36.4 Å². The summed E-state index contributed by atoms with van der Waals surface area (Å²) in [7, 11) is 2.49. The minimum absolute atomic E-state index is 0.00734. The average Bonchev–Trinajstić information content (AvgIpc) is 2.87. The fourth-order valence-corrected chi connectivity index (χ4v) is 3.92. The van der Waals surface area contributed by atoms with Crippen molar-refractivity contribution in [3.63, 3.8) is 0 Å². The van der Waals surface area contributed by atoms with Crippen molar-refractivity contribution in [2.45, 2.75) is 31.4 Å². The molecule has 0 aliphatic carbocycles. The summed E-state index contributed by atoms with van der Waals surface area (Å²) in [5.41, 5.74) is -6.62. The molecule has 0 spiro atoms. The number of alkyl halides is 7. The number of anilines is 1. The zero-order chi connectivity index (χ0) is 28.5. The van der Waals surface area contributed by atoms with E-state index in [4.69, 9.17) is 4.74 Å². The van der Waals surface area contributed by atoms with Gasteiger partial charge in [-0.05, 0) is 42.8 Å². The molecular weight excluding hydrogens is 519 g/mol. The number of hydrogen-bond acceptors (Lipinski definition) is 3. The molecule has 0 saturated carbocycles. The summed E-state index contributed by atoms with van der Waals surface area (Å²) in [6.45, 7) is 1.16. The van der Waals surface area contributed by atoms with Gasteiger partial charge in [-0.25, -0.2) is 4.39 Å². The number of amides is 1. The number of rotatable bonds is 7. The van der Waals surface area contributed by atoms with E-state index in [0.717, 1.165) is 14.0 Å². The number of benzene rings is 3. The first kappa shape index (κ1) is 28.7. The normalized spacial score (nSPS) is 12.3. The van der Waals surface area contributed by atoms with E-state index in [-0.39, 0.29) is 22.6 Å². The van der Waals surface area contributed by atoms with Crippen LogP contribution in [0.1, 0.15) is 37.4 Å². The van der Waals surface area contributed by atoms with Gasteiger partial charge < -0.3 is 9.64 Å². The minimum atomic E-state index is -6.29. The van der Waals surface area contributed by atoms with Gasteiger partial charge in [0.05, 0.1) is 7.11 Å². The van der Waals surface area contributed by atoms with Crippen LogP contribution in [0.25, 0.3) is 0 Å². The van der Waals surface area contributed by atoms with Crippen molar-refractivity contribution in [3.8, 4) is 5.75 Å². The van der Waals surface area contributed by atoms with E-state index in [1.807, 2.05) is 0 Å². The predicted molar refractivity (Wildman–Crippen MR) is 126 cm³/mol. The first-order chi connectivity index (χ1) is 17.6. The largest absolute Gasteiger partial charge is 0.496 e. The molecule has 4 nitrogen and oxygen atoms in total. The van der Waals surface area contributed by atoms with Crippen LogP contribution in [-0.4, -0.2) is 38.2 Å². The van der Waals surface area contributed by atoms with Crippen LogP contribution >= 0.6 is 0 Å². The molecule has 11 heteroatoms. The van der Waals surface area contributed by atoms with Gasteiger partial charge in [0.15, 0.2) is 5.78 Å². The molecule has 202 valence electrons. The van der Waals surface area contributed by atoms with Crippen molar-refractivity contribution in [2.24, 2.45) is 0 Å². The van der Waals surface area contributed by atoms with E-state index < -0.39 is 41.5 Å². The van der Waals surface area contributed by atoms with Gasteiger partial charge in [0.1, 0.15) is 5.75 Å². The van der Waals surface area contributed by atoms with Crippen molar-refractivity contribution in [1.29, 1.82) is 0 Å². The Kier molecular flexibility index (Phi) is 7.90. The molecular formula is C27H22F7NO3. The second-order valence-corrected chi connectivity index (χ2v) is 8.51. The molecule has 0 aliphatic heterocycles. The molecule has 0 bridgehead atoms. The molecule has 0 aliphatic rings. The molecule has 0 radical (unpaired) electrons. The standard InChI is InChI=1S/C27H22F7NO3/c1-16-12-19(25(28,26(29,30)31)27(32,33)34)14-23(38-3)21(16)15-22(36)18-10-7-11-20(13-18)35(2)24(37)17-8-5-4-6-9-17/h4-14H,15H2,1-3H3. The second kappa shape index (κ2) is 10.5. The number of carbonyl (C=O) groups is 2. The molecule has 3 aromatic rings. The van der Waals surface area contributed by atoms with Gasteiger partial charge in [0.2, 0.25) is 0 Å². The number of hydrogen-bond donors (Lipinski definition) is 0. The van der Waals surface area contributed by atoms with Crippen molar-refractivity contribution >= 4 is 17.4 Å². The summed E-state index contributed by atoms with van der Waals surface area (Å²) in [6.07, 6.45) is -13.0. The summed E-state index contributed by atoms with van der Waals surface area (Å²) >= 11 is 0. The highest BCUT2D eigenvalue weighted by Gasteiger charge is 2.73. The maximum atomic E-state index is 14.6. The van der Waals surface area contributed by atoms with Gasteiger partial charge in [-0.1, -0.05) is 36.4 Å². The third-order valence-corrected chi connectivity index (χ3v) is 6.05. The second-order valence-electron chi connectivity index (χ2n) is 8.51. The van der Waals surface area contributed by atoms with Crippen molar-refractivity contribution in [2.75, 3.05) is 19.1 Å². The summed E-state index contributed by atoms with van der Waals surface area (Å²) in [5.74, 6) is -1.40. The van der Waals surface area contributed by atoms with E-state index in [9.17, 15) is 40.3 Å². The predicted octanol–water partition coefficient (Wildman–Crippen LogP) is 7.00.